The second kappa shape index (κ2) is 7.75. The second-order valence-electron chi connectivity index (χ2n) is 4.33. The number of hydrogen-bond acceptors (Lipinski definition) is 3. The maximum absolute atomic E-state index is 8.46. The molecule has 3 nitrogen and oxygen atoms in total. The molecule has 1 aromatic carbocycles. The number of hydrogen-bond donors (Lipinski definition) is 1. The largest absolute Gasteiger partial charge is 0.411 e. The first-order valence-electron chi connectivity index (χ1n) is 6.56. The third-order valence-corrected chi connectivity index (χ3v) is 2.79. The molecule has 0 fully saturated rings. The summed E-state index contributed by atoms with van der Waals surface area (Å²) in [6.45, 7) is 0. The van der Waals surface area contributed by atoms with Crippen molar-refractivity contribution in [1.82, 2.24) is 4.98 Å². The molecule has 0 bridgehead atoms. The third-order valence-electron chi connectivity index (χ3n) is 2.79. The van der Waals surface area contributed by atoms with Crippen molar-refractivity contribution in [3.05, 3.63) is 65.5 Å². The molecule has 100 valence electrons. The van der Waals surface area contributed by atoms with Crippen molar-refractivity contribution in [2.45, 2.75) is 19.3 Å². The summed E-state index contributed by atoms with van der Waals surface area (Å²) in [5.74, 6) is 6.15. The Morgan fingerprint density at radius 3 is 2.75 bits per heavy atom. The van der Waals surface area contributed by atoms with Crippen molar-refractivity contribution in [3.8, 4) is 11.8 Å². The summed E-state index contributed by atoms with van der Waals surface area (Å²) >= 11 is 0. The van der Waals surface area contributed by atoms with Gasteiger partial charge in [-0.15, -0.1) is 0 Å². The number of nitrogens with zero attached hydrogens (tertiary/aromatic N) is 2. The van der Waals surface area contributed by atoms with E-state index in [1.807, 2.05) is 18.2 Å². The van der Waals surface area contributed by atoms with Crippen molar-refractivity contribution in [2.24, 2.45) is 5.16 Å². The summed E-state index contributed by atoms with van der Waals surface area (Å²) in [5, 5.41) is 11.4. The fraction of sp³-hybridized carbons (Fsp3) is 0.176. The monoisotopic (exact) mass is 264 g/mol. The molecule has 0 spiro atoms. The molecule has 2 aromatic rings. The Morgan fingerprint density at radius 1 is 1.10 bits per heavy atom. The summed E-state index contributed by atoms with van der Waals surface area (Å²) in [6.07, 6.45) is 4.21. The first kappa shape index (κ1) is 13.8. The van der Waals surface area contributed by atoms with E-state index in [1.165, 1.54) is 11.8 Å². The summed E-state index contributed by atoms with van der Waals surface area (Å²) in [4.78, 5) is 4.24. The lowest BCUT2D eigenvalue weighted by molar-refractivity contribution is 0.321. The van der Waals surface area contributed by atoms with Gasteiger partial charge in [0.2, 0.25) is 0 Å². The van der Waals surface area contributed by atoms with Crippen LogP contribution in [0.4, 0.5) is 0 Å². The van der Waals surface area contributed by atoms with Crippen LogP contribution >= 0.6 is 0 Å². The fourth-order valence-corrected chi connectivity index (χ4v) is 1.83. The van der Waals surface area contributed by atoms with Gasteiger partial charge in [-0.1, -0.05) is 47.5 Å². The van der Waals surface area contributed by atoms with E-state index in [0.29, 0.717) is 11.4 Å². The van der Waals surface area contributed by atoms with Crippen molar-refractivity contribution >= 4 is 6.21 Å². The first-order chi connectivity index (χ1) is 9.88. The van der Waals surface area contributed by atoms with Gasteiger partial charge >= 0.3 is 0 Å². The van der Waals surface area contributed by atoms with Crippen molar-refractivity contribution < 1.29 is 5.21 Å². The van der Waals surface area contributed by atoms with E-state index in [2.05, 4.69) is 46.2 Å². The van der Waals surface area contributed by atoms with E-state index in [4.69, 9.17) is 5.21 Å². The van der Waals surface area contributed by atoms with Gasteiger partial charge < -0.3 is 5.21 Å². The Kier molecular flexibility index (Phi) is 5.36. The molecule has 0 unspecified atom stereocenters. The Morgan fingerprint density at radius 2 is 1.95 bits per heavy atom. The zero-order chi connectivity index (χ0) is 14.0. The standard InChI is InChI=1S/C17H16N2O/c20-18-14-17-13-7-12-16(19-17)11-6-2-5-10-15-8-3-1-4-9-15/h1,3-4,7-9,12-14,20H,2,5,10H2/b18-14-. The van der Waals surface area contributed by atoms with Gasteiger partial charge in [-0.3, -0.25) is 0 Å². The van der Waals surface area contributed by atoms with Gasteiger partial charge in [-0.2, -0.15) is 0 Å². The zero-order valence-electron chi connectivity index (χ0n) is 11.2. The molecule has 1 aromatic heterocycles. The number of oxime groups is 1. The maximum atomic E-state index is 8.46. The molecular formula is C17H16N2O. The highest BCUT2D eigenvalue weighted by Crippen LogP contribution is 2.04. The van der Waals surface area contributed by atoms with Crippen LogP contribution in [0, 0.1) is 11.8 Å². The second-order valence-corrected chi connectivity index (χ2v) is 4.33. The van der Waals surface area contributed by atoms with E-state index in [1.54, 1.807) is 6.07 Å². The van der Waals surface area contributed by atoms with E-state index in [-0.39, 0.29) is 0 Å². The topological polar surface area (TPSA) is 45.5 Å². The molecule has 0 amide bonds. The molecule has 0 aliphatic heterocycles. The lowest BCUT2D eigenvalue weighted by atomic mass is 10.1. The van der Waals surface area contributed by atoms with Gasteiger partial charge in [0.1, 0.15) is 5.69 Å². The number of aryl methyl sites for hydroxylation is 1. The SMILES string of the molecule is O/N=C\c1cccc(C#CCCCc2ccccc2)n1. The van der Waals surface area contributed by atoms with Crippen LogP contribution in [0.3, 0.4) is 0 Å². The quantitative estimate of drug-likeness (QED) is 0.303. The Labute approximate surface area is 119 Å². The summed E-state index contributed by atoms with van der Waals surface area (Å²) in [5.41, 5.74) is 2.64. The Hall–Kier alpha value is -2.60. The predicted octanol–water partition coefficient (Wildman–Crippen LogP) is 3.26. The molecule has 0 saturated carbocycles. The first-order valence-corrected chi connectivity index (χ1v) is 6.56. The van der Waals surface area contributed by atoms with Crippen LogP contribution in [0.15, 0.2) is 53.7 Å². The average Bonchev–Trinajstić information content (AvgIpc) is 2.49. The van der Waals surface area contributed by atoms with Crippen LogP contribution in [0.25, 0.3) is 0 Å². The lowest BCUT2D eigenvalue weighted by Crippen LogP contribution is -1.90. The molecule has 3 heteroatoms. The maximum Gasteiger partial charge on any atom is 0.113 e. The van der Waals surface area contributed by atoms with Crippen LogP contribution in [-0.2, 0) is 6.42 Å². The molecular weight excluding hydrogens is 248 g/mol. The van der Waals surface area contributed by atoms with Crippen LogP contribution in [0.2, 0.25) is 0 Å². The van der Waals surface area contributed by atoms with Gasteiger partial charge in [0, 0.05) is 6.42 Å². The van der Waals surface area contributed by atoms with Crippen LogP contribution in [-0.4, -0.2) is 16.4 Å². The molecule has 1 N–H and O–H groups in total. The van der Waals surface area contributed by atoms with Crippen molar-refractivity contribution in [2.75, 3.05) is 0 Å². The smallest absolute Gasteiger partial charge is 0.113 e. The van der Waals surface area contributed by atoms with Gasteiger partial charge in [-0.25, -0.2) is 4.98 Å². The third kappa shape index (κ3) is 4.58. The number of benzene rings is 1. The summed E-state index contributed by atoms with van der Waals surface area (Å²) in [6, 6.07) is 15.9. The Balaban J connectivity index is 1.84. The molecule has 0 aliphatic rings. The highest BCUT2D eigenvalue weighted by atomic mass is 16.4. The molecule has 0 radical (unpaired) electrons. The number of pyridine rings is 1. The minimum atomic E-state index is 0.601. The Bertz CT molecular complexity index is 624. The molecule has 1 heterocycles. The van der Waals surface area contributed by atoms with Crippen LogP contribution < -0.4 is 0 Å². The van der Waals surface area contributed by atoms with Gasteiger partial charge in [0.05, 0.1) is 11.9 Å². The minimum Gasteiger partial charge on any atom is -0.411 e. The van der Waals surface area contributed by atoms with Crippen LogP contribution in [0.1, 0.15) is 29.8 Å². The molecule has 2 rings (SSSR count). The summed E-state index contributed by atoms with van der Waals surface area (Å²) < 4.78 is 0. The highest BCUT2D eigenvalue weighted by Gasteiger charge is 1.92. The number of unbranched alkanes of at least 4 members (excludes halogenated alkanes) is 1. The molecule has 0 saturated heterocycles. The number of rotatable bonds is 4. The van der Waals surface area contributed by atoms with Crippen molar-refractivity contribution in [1.29, 1.82) is 0 Å². The average molecular weight is 264 g/mol. The minimum absolute atomic E-state index is 0.601. The highest BCUT2D eigenvalue weighted by molar-refractivity contribution is 5.76. The molecule has 0 atom stereocenters. The summed E-state index contributed by atoms with van der Waals surface area (Å²) in [7, 11) is 0. The van der Waals surface area contributed by atoms with E-state index >= 15 is 0 Å². The normalized spacial score (nSPS) is 10.2. The predicted molar refractivity (Wildman–Crippen MR) is 79.9 cm³/mol. The van der Waals surface area contributed by atoms with Gasteiger partial charge in [0.15, 0.2) is 0 Å². The number of aromatic nitrogens is 1. The molecule has 0 aliphatic carbocycles. The van der Waals surface area contributed by atoms with Crippen LogP contribution in [0.5, 0.6) is 0 Å². The van der Waals surface area contributed by atoms with Gasteiger partial charge in [0.25, 0.3) is 0 Å². The van der Waals surface area contributed by atoms with Gasteiger partial charge in [-0.05, 0) is 36.5 Å². The van der Waals surface area contributed by atoms with E-state index in [0.717, 1.165) is 19.3 Å². The molecule has 20 heavy (non-hydrogen) atoms. The van der Waals surface area contributed by atoms with E-state index < -0.39 is 0 Å². The zero-order valence-corrected chi connectivity index (χ0v) is 11.2. The fourth-order valence-electron chi connectivity index (χ4n) is 1.83. The van der Waals surface area contributed by atoms with E-state index in [9.17, 15) is 0 Å². The van der Waals surface area contributed by atoms with Crippen molar-refractivity contribution in [3.63, 3.8) is 0 Å². The lowest BCUT2D eigenvalue weighted by Gasteiger charge is -1.97.